The lowest BCUT2D eigenvalue weighted by Crippen LogP contribution is -2.61. The molecule has 0 aromatic heterocycles. The number of rotatable bonds is 6. The molecule has 0 spiro atoms. The highest BCUT2D eigenvalue weighted by Crippen LogP contribution is 2.37. The minimum Gasteiger partial charge on any atom is -0.460 e. The molecule has 3 N–H and O–H groups in total. The molecule has 63 heavy (non-hydrogen) atoms. The summed E-state index contributed by atoms with van der Waals surface area (Å²) in [6.45, 7) is 8.91. The summed E-state index contributed by atoms with van der Waals surface area (Å²) in [4.78, 5) is 71.4. The number of methoxy groups -OCH3 is 3. The maximum atomic E-state index is 14.3. The summed E-state index contributed by atoms with van der Waals surface area (Å²) >= 11 is 0. The molecule has 3 fully saturated rings. The number of fused-ring (bicyclic) bond motifs is 3. The maximum absolute atomic E-state index is 14.3. The van der Waals surface area contributed by atoms with E-state index in [4.69, 9.17) is 23.7 Å². The fourth-order valence-corrected chi connectivity index (χ4v) is 10.0. The van der Waals surface area contributed by atoms with Crippen LogP contribution in [-0.2, 0) is 47.7 Å². The largest absolute Gasteiger partial charge is 0.460 e. The molecule has 14 nitrogen and oxygen atoms in total. The lowest BCUT2D eigenvalue weighted by Gasteiger charge is -2.42. The van der Waals surface area contributed by atoms with Crippen molar-refractivity contribution in [1.82, 2.24) is 4.90 Å². The third-order valence-corrected chi connectivity index (χ3v) is 14.4. The van der Waals surface area contributed by atoms with E-state index in [2.05, 4.69) is 12.2 Å². The molecular formula is C49H79NO13. The van der Waals surface area contributed by atoms with Crippen LogP contribution >= 0.6 is 0 Å². The van der Waals surface area contributed by atoms with Gasteiger partial charge in [-0.1, -0.05) is 52.3 Å². The number of aliphatic hydroxyl groups is 3. The van der Waals surface area contributed by atoms with Crippen molar-refractivity contribution in [2.45, 2.75) is 198 Å². The van der Waals surface area contributed by atoms with Crippen LogP contribution in [0.4, 0.5) is 0 Å². The van der Waals surface area contributed by atoms with Gasteiger partial charge in [0.1, 0.15) is 30.1 Å². The summed E-state index contributed by atoms with van der Waals surface area (Å²) in [5, 5.41) is 33.7. The van der Waals surface area contributed by atoms with Gasteiger partial charge in [0.25, 0.3) is 11.7 Å². The van der Waals surface area contributed by atoms with Crippen molar-refractivity contribution >= 4 is 29.2 Å². The smallest absolute Gasteiger partial charge is 0.329 e. The van der Waals surface area contributed by atoms with Crippen LogP contribution in [0.2, 0.25) is 0 Å². The molecule has 4 rings (SSSR count). The molecule has 1 amide bonds. The normalized spacial score (nSPS) is 39.1. The average Bonchev–Trinajstić information content (AvgIpc) is 3.27. The van der Waals surface area contributed by atoms with Crippen LogP contribution in [0.1, 0.15) is 144 Å². The first-order valence-corrected chi connectivity index (χ1v) is 23.8. The number of ether oxygens (including phenoxy) is 5. The summed E-state index contributed by atoms with van der Waals surface area (Å²) in [6, 6.07) is -1.12. The summed E-state index contributed by atoms with van der Waals surface area (Å²) in [5.74, 6) is -7.65. The van der Waals surface area contributed by atoms with Crippen molar-refractivity contribution in [1.29, 1.82) is 0 Å². The first kappa shape index (κ1) is 52.8. The molecule has 14 heteroatoms. The van der Waals surface area contributed by atoms with Crippen LogP contribution in [0.3, 0.4) is 0 Å². The van der Waals surface area contributed by atoms with Crippen LogP contribution in [0, 0.1) is 29.6 Å². The Bertz CT molecular complexity index is 1580. The van der Waals surface area contributed by atoms with Crippen molar-refractivity contribution in [3.8, 4) is 0 Å². The highest BCUT2D eigenvalue weighted by atomic mass is 16.6. The first-order chi connectivity index (χ1) is 29.9. The fraction of sp³-hybridized carbons (Fsp3) is 0.816. The molecule has 0 aromatic rings. The second kappa shape index (κ2) is 25.2. The number of Topliss-reactive ketones (excluding diaryl/α,β-unsaturated/α-hetero) is 3. The predicted molar refractivity (Wildman–Crippen MR) is 236 cm³/mol. The Hall–Kier alpha value is -2.85. The van der Waals surface area contributed by atoms with Crippen molar-refractivity contribution in [2.75, 3.05) is 27.9 Å². The number of ketones is 3. The second-order valence-corrected chi connectivity index (χ2v) is 19.2. The Morgan fingerprint density at radius 1 is 0.841 bits per heavy atom. The van der Waals surface area contributed by atoms with Gasteiger partial charge in [-0.15, -0.1) is 0 Å². The van der Waals surface area contributed by atoms with Gasteiger partial charge in [0.15, 0.2) is 5.78 Å². The first-order valence-electron chi connectivity index (χ1n) is 23.8. The zero-order valence-electron chi connectivity index (χ0n) is 39.3. The molecule has 358 valence electrons. The molecule has 3 heterocycles. The lowest BCUT2D eigenvalue weighted by atomic mass is 9.78. The third-order valence-electron chi connectivity index (χ3n) is 14.4. The lowest BCUT2D eigenvalue weighted by molar-refractivity contribution is -0.266. The van der Waals surface area contributed by atoms with Gasteiger partial charge in [-0.2, -0.15) is 0 Å². The van der Waals surface area contributed by atoms with Gasteiger partial charge < -0.3 is 43.9 Å². The van der Waals surface area contributed by atoms with Crippen LogP contribution in [0.5, 0.6) is 0 Å². The Balaban J connectivity index is 1.64. The quantitative estimate of drug-likeness (QED) is 0.160. The number of carbonyl (C=O) groups excluding carboxylic acids is 5. The van der Waals surface area contributed by atoms with Crippen molar-refractivity contribution < 1.29 is 63.0 Å². The maximum Gasteiger partial charge on any atom is 0.329 e. The van der Waals surface area contributed by atoms with Gasteiger partial charge in [0.2, 0.25) is 5.79 Å². The van der Waals surface area contributed by atoms with E-state index in [0.717, 1.165) is 32.1 Å². The van der Waals surface area contributed by atoms with E-state index in [1.54, 1.807) is 41.1 Å². The van der Waals surface area contributed by atoms with E-state index < -0.39 is 71.8 Å². The van der Waals surface area contributed by atoms with Gasteiger partial charge in [-0.05, 0) is 121 Å². The minimum absolute atomic E-state index is 0.104. The van der Waals surface area contributed by atoms with E-state index >= 15 is 0 Å². The molecule has 0 radical (unpaired) electrons. The van der Waals surface area contributed by atoms with Gasteiger partial charge in [0.05, 0.1) is 24.4 Å². The molecule has 4 aliphatic rings. The van der Waals surface area contributed by atoms with Gasteiger partial charge in [-0.25, -0.2) is 4.79 Å². The molecule has 1 saturated carbocycles. The fourth-order valence-electron chi connectivity index (χ4n) is 10.0. The number of nitrogens with zero attached hydrogens (tertiary/aromatic N) is 1. The number of piperidine rings is 1. The number of amides is 1. The molecule has 0 unspecified atom stereocenters. The molecule has 1 aliphatic carbocycles. The topological polar surface area (TPSA) is 195 Å². The SMILES string of the molecule is CO[C@@H]1CC/C=C/CCCC[C@@H](C)C(=O)[C@H](OC)[C@H](O)/C(C)=C\[C@@H](C)C(=O)C[C@@H]([C@H](C)C[C@H]2CC[C@@H](O)[C@H](OC)C2)OC(=O)[C@@H]2CCCCN2C(=O)C(=O)[C@]2(O)O[C@@H](CC[C@H]2C)C1. The highest BCUT2D eigenvalue weighted by molar-refractivity contribution is 6.39. The Morgan fingerprint density at radius 2 is 1.56 bits per heavy atom. The minimum atomic E-state index is -2.39. The van der Waals surface area contributed by atoms with Crippen LogP contribution in [0.25, 0.3) is 0 Å². The van der Waals surface area contributed by atoms with E-state index in [1.807, 2.05) is 13.8 Å². The van der Waals surface area contributed by atoms with E-state index in [1.165, 1.54) is 12.0 Å². The summed E-state index contributed by atoms with van der Waals surface area (Å²) in [5.41, 5.74) is 0.409. The molecule has 2 bridgehead atoms. The Labute approximate surface area is 375 Å². The van der Waals surface area contributed by atoms with Crippen LogP contribution in [-0.4, -0.2) is 132 Å². The number of hydrogen-bond acceptors (Lipinski definition) is 13. The van der Waals surface area contributed by atoms with Gasteiger partial charge in [0, 0.05) is 52.0 Å². The zero-order valence-corrected chi connectivity index (χ0v) is 39.3. The zero-order chi connectivity index (χ0) is 46.4. The number of carbonyl (C=O) groups is 5. The third kappa shape index (κ3) is 14.3. The predicted octanol–water partition coefficient (Wildman–Crippen LogP) is 5.99. The van der Waals surface area contributed by atoms with Crippen molar-refractivity contribution in [3.05, 3.63) is 23.8 Å². The molecule has 14 atom stereocenters. The van der Waals surface area contributed by atoms with E-state index in [-0.39, 0.29) is 60.9 Å². The Morgan fingerprint density at radius 3 is 2.25 bits per heavy atom. The number of hydrogen-bond donors (Lipinski definition) is 3. The van der Waals surface area contributed by atoms with E-state index in [9.17, 15) is 39.3 Å². The average molecular weight is 890 g/mol. The Kier molecular flexibility index (Phi) is 21.1. The van der Waals surface area contributed by atoms with Crippen molar-refractivity contribution in [3.63, 3.8) is 0 Å². The molecule has 0 aromatic carbocycles. The monoisotopic (exact) mass is 890 g/mol. The highest BCUT2D eigenvalue weighted by Gasteiger charge is 2.53. The van der Waals surface area contributed by atoms with Gasteiger partial charge >= 0.3 is 5.97 Å². The number of cyclic esters (lactones) is 1. The molecular weight excluding hydrogens is 811 g/mol. The molecule has 2 saturated heterocycles. The second-order valence-electron chi connectivity index (χ2n) is 19.2. The van der Waals surface area contributed by atoms with Crippen molar-refractivity contribution in [2.24, 2.45) is 29.6 Å². The van der Waals surface area contributed by atoms with Crippen LogP contribution in [0.15, 0.2) is 23.8 Å². The van der Waals surface area contributed by atoms with Gasteiger partial charge in [-0.3, -0.25) is 19.2 Å². The van der Waals surface area contributed by atoms with Crippen LogP contribution < -0.4 is 0 Å². The summed E-state index contributed by atoms with van der Waals surface area (Å²) < 4.78 is 29.3. The standard InChI is InChI=1S/C49H79NO13/c1-30-17-13-11-9-10-12-14-18-36(59-6)28-37-22-20-34(5)49(58,63-37)46(55)47(56)50-24-16-15-19-38(50)48(57)62-41(32(3)26-35-21-23-39(51)42(27-35)60-7)29-40(52)31(2)25-33(4)44(54)45(61-8)43(30)53/h10,12,25,30-32,34-39,41-42,44-45,51,54,58H,9,11,13-24,26-29H2,1-8H3/b12-10+,33-25-/t30-,31-,32-,34-,35-,36-,37+,38+,39-,41+,42-,44-,45+,49-/m1/s1. The summed E-state index contributed by atoms with van der Waals surface area (Å²) in [7, 11) is 4.58. The summed E-state index contributed by atoms with van der Waals surface area (Å²) in [6.07, 6.45) is 10.6. The number of aliphatic hydroxyl groups excluding tert-OH is 2. The molecule has 3 aliphatic heterocycles. The number of allylic oxidation sites excluding steroid dienone is 3. The van der Waals surface area contributed by atoms with E-state index in [0.29, 0.717) is 69.8 Å². The number of esters is 1.